The van der Waals surface area contributed by atoms with Crippen molar-refractivity contribution in [2.45, 2.75) is 117 Å². The van der Waals surface area contributed by atoms with Crippen molar-refractivity contribution < 1.29 is 19.7 Å². The van der Waals surface area contributed by atoms with Gasteiger partial charge in [0.05, 0.1) is 17.8 Å². The van der Waals surface area contributed by atoms with Crippen LogP contribution in [0, 0.1) is 40.4 Å². The molecule has 1 aromatic rings. The molecule has 0 amide bonds. The first kappa shape index (κ1) is 27.9. The van der Waals surface area contributed by atoms with Crippen molar-refractivity contribution in [1.29, 1.82) is 0 Å². The van der Waals surface area contributed by atoms with Crippen LogP contribution in [0.4, 0.5) is 0 Å². The largest absolute Gasteiger partial charge is 0.459 e. The van der Waals surface area contributed by atoms with Crippen LogP contribution in [-0.2, 0) is 4.74 Å². The molecule has 2 N–H and O–H groups in total. The zero-order valence-corrected chi connectivity index (χ0v) is 24.3. The Morgan fingerprint density at radius 3 is 2.42 bits per heavy atom. The fourth-order valence-electron chi connectivity index (χ4n) is 9.34. The minimum absolute atomic E-state index is 0.00487. The first-order valence-corrected chi connectivity index (χ1v) is 15.4. The molecule has 4 aliphatic carbocycles. The van der Waals surface area contributed by atoms with Gasteiger partial charge in [-0.25, -0.2) is 4.79 Å². The summed E-state index contributed by atoms with van der Waals surface area (Å²) < 4.78 is 5.96. The molecule has 0 aromatic heterocycles. The second-order valence-corrected chi connectivity index (χ2v) is 14.2. The van der Waals surface area contributed by atoms with Crippen LogP contribution in [0.5, 0.6) is 0 Å². The molecule has 4 nitrogen and oxygen atoms in total. The molecular weight excluding hydrogens is 472 g/mol. The minimum Gasteiger partial charge on any atom is -0.459 e. The van der Waals surface area contributed by atoms with Crippen molar-refractivity contribution in [1.82, 2.24) is 0 Å². The van der Waals surface area contributed by atoms with E-state index >= 15 is 0 Å². The molecule has 0 saturated heterocycles. The van der Waals surface area contributed by atoms with Gasteiger partial charge in [0.2, 0.25) is 0 Å². The monoisotopic (exact) mass is 522 g/mol. The van der Waals surface area contributed by atoms with Crippen molar-refractivity contribution in [3.63, 3.8) is 0 Å². The van der Waals surface area contributed by atoms with Gasteiger partial charge < -0.3 is 14.9 Å². The molecule has 9 atom stereocenters. The molecule has 0 spiro atoms. The van der Waals surface area contributed by atoms with Crippen LogP contribution in [0.2, 0.25) is 0 Å². The van der Waals surface area contributed by atoms with E-state index in [0.717, 1.165) is 44.4 Å². The van der Waals surface area contributed by atoms with Crippen LogP contribution in [0.3, 0.4) is 0 Å². The summed E-state index contributed by atoms with van der Waals surface area (Å²) in [5.74, 6) is 2.20. The van der Waals surface area contributed by atoms with E-state index in [-0.39, 0.29) is 22.9 Å². The number of ether oxygens (including phenoxy) is 1. The van der Waals surface area contributed by atoms with Crippen molar-refractivity contribution in [3.8, 4) is 0 Å². The Morgan fingerprint density at radius 1 is 0.974 bits per heavy atom. The highest BCUT2D eigenvalue weighted by Gasteiger charge is 2.60. The number of aliphatic hydroxyl groups is 2. The summed E-state index contributed by atoms with van der Waals surface area (Å²) >= 11 is 0. The zero-order chi connectivity index (χ0) is 27.2. The Labute approximate surface area is 230 Å². The Hall–Kier alpha value is -1.65. The third kappa shape index (κ3) is 4.89. The molecule has 5 rings (SSSR count). The lowest BCUT2D eigenvalue weighted by molar-refractivity contribution is -0.0731. The maximum atomic E-state index is 12.7. The van der Waals surface area contributed by atoms with Gasteiger partial charge in [0.25, 0.3) is 0 Å². The Bertz CT molecular complexity index is 1030. The van der Waals surface area contributed by atoms with Gasteiger partial charge in [-0.3, -0.25) is 0 Å². The first-order chi connectivity index (χ1) is 18.0. The van der Waals surface area contributed by atoms with E-state index in [4.69, 9.17) is 4.74 Å². The van der Waals surface area contributed by atoms with Crippen LogP contribution in [0.15, 0.2) is 41.5 Å². The third-order valence-electron chi connectivity index (χ3n) is 11.4. The molecular formula is C34H50O4. The molecule has 0 radical (unpaired) electrons. The van der Waals surface area contributed by atoms with E-state index in [1.165, 1.54) is 30.4 Å². The lowest BCUT2D eigenvalue weighted by Crippen LogP contribution is -2.52. The van der Waals surface area contributed by atoms with Gasteiger partial charge >= 0.3 is 5.97 Å². The standard InChI is InChI=1S/C34H50O4/c1-21(2)10-9-11-22(3)27-20-29(36)31-30-26(15-17-34(27,31)5)33(4)16-14-25(18-24(33)19-28(30)35)38-32(37)23-12-7-6-8-13-23/h6-8,12-13,21-22,24-29,35-36H,9-11,14-20H2,1-5H3/t22-,24-,25?,26+,27-,28-,29+,33+,34-/m1/s1. The van der Waals surface area contributed by atoms with Gasteiger partial charge in [0.1, 0.15) is 6.10 Å². The van der Waals surface area contributed by atoms with Crippen molar-refractivity contribution in [2.75, 3.05) is 0 Å². The number of fused-ring (bicyclic) bond motifs is 4. The molecule has 3 saturated carbocycles. The number of aliphatic hydroxyl groups excluding tert-OH is 2. The summed E-state index contributed by atoms with van der Waals surface area (Å²) in [6, 6.07) is 9.26. The second-order valence-electron chi connectivity index (χ2n) is 14.2. The van der Waals surface area contributed by atoms with Gasteiger partial charge in [-0.1, -0.05) is 72.1 Å². The average molecular weight is 523 g/mol. The number of hydrogen-bond donors (Lipinski definition) is 2. The Morgan fingerprint density at radius 2 is 1.71 bits per heavy atom. The summed E-state index contributed by atoms with van der Waals surface area (Å²) in [6.45, 7) is 11.8. The fraction of sp³-hybridized carbons (Fsp3) is 0.735. The first-order valence-electron chi connectivity index (χ1n) is 15.4. The summed E-state index contributed by atoms with van der Waals surface area (Å²) in [7, 11) is 0. The molecule has 1 aromatic carbocycles. The van der Waals surface area contributed by atoms with E-state index in [1.54, 1.807) is 0 Å². The maximum absolute atomic E-state index is 12.7. The maximum Gasteiger partial charge on any atom is 0.338 e. The van der Waals surface area contributed by atoms with Gasteiger partial charge in [-0.05, 0) is 109 Å². The van der Waals surface area contributed by atoms with Crippen LogP contribution in [0.25, 0.3) is 0 Å². The number of carbonyl (C=O) groups excluding carboxylic acids is 1. The highest BCUT2D eigenvalue weighted by atomic mass is 16.5. The van der Waals surface area contributed by atoms with Crippen LogP contribution >= 0.6 is 0 Å². The van der Waals surface area contributed by atoms with Gasteiger partial charge in [-0.15, -0.1) is 0 Å². The molecule has 0 heterocycles. The van der Waals surface area contributed by atoms with E-state index in [9.17, 15) is 15.0 Å². The van der Waals surface area contributed by atoms with Crippen molar-refractivity contribution in [3.05, 3.63) is 47.0 Å². The fourth-order valence-corrected chi connectivity index (χ4v) is 9.34. The summed E-state index contributed by atoms with van der Waals surface area (Å²) in [5, 5.41) is 23.1. The van der Waals surface area contributed by atoms with E-state index in [0.29, 0.717) is 35.7 Å². The van der Waals surface area contributed by atoms with Crippen LogP contribution in [0.1, 0.15) is 109 Å². The lowest BCUT2D eigenvalue weighted by atomic mass is 9.48. The molecule has 38 heavy (non-hydrogen) atoms. The topological polar surface area (TPSA) is 66.8 Å². The summed E-state index contributed by atoms with van der Waals surface area (Å²) in [4.78, 5) is 12.7. The normalized spacial score (nSPS) is 39.4. The third-order valence-corrected chi connectivity index (χ3v) is 11.4. The number of benzene rings is 1. The minimum atomic E-state index is -0.499. The number of esters is 1. The number of rotatable bonds is 7. The van der Waals surface area contributed by atoms with Crippen LogP contribution in [-0.4, -0.2) is 34.5 Å². The van der Waals surface area contributed by atoms with E-state index in [2.05, 4.69) is 34.6 Å². The zero-order valence-electron chi connectivity index (χ0n) is 24.3. The predicted molar refractivity (Wildman–Crippen MR) is 152 cm³/mol. The van der Waals surface area contributed by atoms with Gasteiger partial charge in [-0.2, -0.15) is 0 Å². The summed E-state index contributed by atoms with van der Waals surface area (Å²) in [5.41, 5.74) is 3.08. The smallest absolute Gasteiger partial charge is 0.338 e. The average Bonchev–Trinajstić information content (AvgIpc) is 3.15. The number of carbonyl (C=O) groups is 1. The lowest BCUT2D eigenvalue weighted by Gasteiger charge is -2.58. The molecule has 3 fully saturated rings. The van der Waals surface area contributed by atoms with Crippen molar-refractivity contribution in [2.24, 2.45) is 40.4 Å². The van der Waals surface area contributed by atoms with E-state index < -0.39 is 12.2 Å². The van der Waals surface area contributed by atoms with Gasteiger partial charge in [0.15, 0.2) is 0 Å². The SMILES string of the molecule is CC(C)CCC[C@@H](C)[C@H]1C[C@H](O)C2=C3[C@H](O)C[C@H]4CC(OC(=O)c5ccccc5)CC[C@]4(C)[C@H]3CC[C@@]21C. The molecule has 210 valence electrons. The second kappa shape index (κ2) is 10.7. The highest BCUT2D eigenvalue weighted by molar-refractivity contribution is 5.89. The Balaban J connectivity index is 1.34. The molecule has 0 bridgehead atoms. The summed E-state index contributed by atoms with van der Waals surface area (Å²) in [6.07, 6.45) is 9.18. The molecule has 0 aliphatic heterocycles. The molecule has 1 unspecified atom stereocenters. The predicted octanol–water partition coefficient (Wildman–Crippen LogP) is 7.34. The van der Waals surface area contributed by atoms with E-state index in [1.807, 2.05) is 30.3 Å². The van der Waals surface area contributed by atoms with Crippen LogP contribution < -0.4 is 0 Å². The van der Waals surface area contributed by atoms with Crippen molar-refractivity contribution >= 4 is 5.97 Å². The molecule has 4 aliphatic rings. The Kier molecular flexibility index (Phi) is 7.88. The van der Waals surface area contributed by atoms with Gasteiger partial charge in [0, 0.05) is 0 Å². The highest BCUT2D eigenvalue weighted by Crippen LogP contribution is 2.66. The quantitative estimate of drug-likeness (QED) is 0.290. The molecule has 4 heteroatoms. The number of hydrogen-bond acceptors (Lipinski definition) is 4.